The molecule has 2 aromatic carbocycles. The van der Waals surface area contributed by atoms with E-state index in [1.807, 2.05) is 36.6 Å². The number of carbonyl (C=O) groups excluding carboxylic acids is 1. The molecule has 1 aliphatic carbocycles. The van der Waals surface area contributed by atoms with Crippen LogP contribution in [0.4, 0.5) is 10.7 Å². The maximum absolute atomic E-state index is 13.4. The molecule has 1 aliphatic heterocycles. The largest absolute Gasteiger partial charge is 0.507 e. The number of thiophene rings is 1. The lowest BCUT2D eigenvalue weighted by Gasteiger charge is -2.29. The number of hydrogen-bond acceptors (Lipinski definition) is 6. The molecule has 3 aromatic rings. The van der Waals surface area contributed by atoms with Crippen LogP contribution in [0, 0.1) is 6.92 Å². The predicted octanol–water partition coefficient (Wildman–Crippen LogP) is 4.60. The highest BCUT2D eigenvalue weighted by Crippen LogP contribution is 2.40. The number of hydrogen-bond donors (Lipinski definition) is 3. The summed E-state index contributed by atoms with van der Waals surface area (Å²) in [6.45, 7) is 1.94. The zero-order valence-corrected chi connectivity index (χ0v) is 19.0. The Morgan fingerprint density at radius 1 is 1.12 bits per heavy atom. The molecule has 1 aromatic heterocycles. The number of para-hydroxylation sites is 2. The summed E-state index contributed by atoms with van der Waals surface area (Å²) >= 11 is 1.46. The van der Waals surface area contributed by atoms with Crippen LogP contribution in [0.25, 0.3) is 5.57 Å². The summed E-state index contributed by atoms with van der Waals surface area (Å²) in [4.78, 5) is 27.5. The number of aliphatic carboxylic acids is 1. The van der Waals surface area contributed by atoms with Crippen molar-refractivity contribution >= 4 is 45.2 Å². The molecular weight excluding hydrogens is 450 g/mol. The molecule has 5 rings (SSSR count). The van der Waals surface area contributed by atoms with Gasteiger partial charge in [0.15, 0.2) is 11.3 Å². The van der Waals surface area contributed by atoms with Gasteiger partial charge in [0, 0.05) is 17.5 Å². The minimum absolute atomic E-state index is 0.0385. The highest BCUT2D eigenvalue weighted by molar-refractivity contribution is 7.14. The van der Waals surface area contributed by atoms with Gasteiger partial charge in [-0.05, 0) is 47.7 Å². The van der Waals surface area contributed by atoms with E-state index in [-0.39, 0.29) is 23.8 Å². The number of amides is 1. The Labute approximate surface area is 200 Å². The number of benzene rings is 2. The van der Waals surface area contributed by atoms with E-state index < -0.39 is 11.5 Å². The monoisotopic (exact) mass is 471 g/mol. The van der Waals surface area contributed by atoms with E-state index in [4.69, 9.17) is 0 Å². The van der Waals surface area contributed by atoms with E-state index in [1.54, 1.807) is 47.4 Å². The van der Waals surface area contributed by atoms with Gasteiger partial charge in [0.1, 0.15) is 10.8 Å². The number of anilines is 2. The highest BCUT2D eigenvalue weighted by atomic mass is 32.1. The van der Waals surface area contributed by atoms with E-state index in [9.17, 15) is 19.8 Å². The number of nitrogens with one attached hydrogen (secondary N) is 1. The van der Waals surface area contributed by atoms with Crippen LogP contribution in [0.2, 0.25) is 0 Å². The first-order chi connectivity index (χ1) is 16.4. The number of hydrazone groups is 1. The van der Waals surface area contributed by atoms with E-state index >= 15 is 0 Å². The van der Waals surface area contributed by atoms with Crippen molar-refractivity contribution in [3.8, 4) is 5.75 Å². The molecule has 0 saturated carbocycles. The summed E-state index contributed by atoms with van der Waals surface area (Å²) in [6.07, 6.45) is 4.94. The van der Waals surface area contributed by atoms with Gasteiger partial charge in [-0.2, -0.15) is 5.10 Å². The normalized spacial score (nSPS) is 20.4. The second kappa shape index (κ2) is 8.31. The van der Waals surface area contributed by atoms with Gasteiger partial charge in [0.25, 0.3) is 5.91 Å². The molecule has 8 heteroatoms. The fourth-order valence-corrected chi connectivity index (χ4v) is 5.15. The number of carbonyl (C=O) groups is 2. The van der Waals surface area contributed by atoms with Crippen LogP contribution in [-0.4, -0.2) is 33.3 Å². The summed E-state index contributed by atoms with van der Waals surface area (Å²) in [5.41, 5.74) is 4.85. The third-order valence-electron chi connectivity index (χ3n) is 5.99. The number of phenols is 1. The molecule has 0 spiro atoms. The SMILES string of the molecule is Cc1ccsc1N1C(=O)C(=NNC2(C(=O)O)C=CC=C(c3ccccc3O)C2)c2ccccc21. The van der Waals surface area contributed by atoms with Gasteiger partial charge < -0.3 is 10.2 Å². The van der Waals surface area contributed by atoms with Crippen LogP contribution in [0.5, 0.6) is 5.75 Å². The van der Waals surface area contributed by atoms with Crippen LogP contribution < -0.4 is 10.3 Å². The third-order valence-corrected chi connectivity index (χ3v) is 6.99. The Kier molecular flexibility index (Phi) is 5.30. The average molecular weight is 472 g/mol. The van der Waals surface area contributed by atoms with Gasteiger partial charge in [0.2, 0.25) is 0 Å². The molecule has 170 valence electrons. The second-order valence-corrected chi connectivity index (χ2v) is 9.05. The zero-order valence-electron chi connectivity index (χ0n) is 18.2. The fourth-order valence-electron chi connectivity index (χ4n) is 4.21. The first kappa shape index (κ1) is 21.7. The first-order valence-corrected chi connectivity index (χ1v) is 11.5. The van der Waals surface area contributed by atoms with Crippen LogP contribution in [0.1, 0.15) is 23.1 Å². The number of fused-ring (bicyclic) bond motifs is 1. The van der Waals surface area contributed by atoms with Gasteiger partial charge in [0.05, 0.1) is 5.69 Å². The fraction of sp³-hybridized carbons (Fsp3) is 0.115. The van der Waals surface area contributed by atoms with Gasteiger partial charge in [-0.3, -0.25) is 15.1 Å². The molecule has 2 aliphatic rings. The number of aryl methyl sites for hydroxylation is 1. The molecular formula is C26H21N3O4S. The number of allylic oxidation sites excluding steroid dienone is 2. The van der Waals surface area contributed by atoms with Gasteiger partial charge in [-0.25, -0.2) is 4.79 Å². The van der Waals surface area contributed by atoms with Crippen molar-refractivity contribution in [3.63, 3.8) is 0 Å². The lowest BCUT2D eigenvalue weighted by Crippen LogP contribution is -2.49. The lowest BCUT2D eigenvalue weighted by atomic mass is 9.84. The maximum Gasteiger partial charge on any atom is 0.335 e. The molecule has 1 unspecified atom stereocenters. The van der Waals surface area contributed by atoms with Gasteiger partial charge in [-0.1, -0.05) is 48.6 Å². The molecule has 1 amide bonds. The third kappa shape index (κ3) is 3.48. The Hall–Kier alpha value is -4.17. The summed E-state index contributed by atoms with van der Waals surface area (Å²) in [7, 11) is 0. The predicted molar refractivity (Wildman–Crippen MR) is 133 cm³/mol. The van der Waals surface area contributed by atoms with Crippen molar-refractivity contribution in [2.24, 2.45) is 5.10 Å². The molecule has 0 fully saturated rings. The average Bonchev–Trinajstić information content (AvgIpc) is 3.37. The number of aromatic hydroxyl groups is 1. The molecule has 3 N–H and O–H groups in total. The smallest absolute Gasteiger partial charge is 0.335 e. The molecule has 2 heterocycles. The number of nitrogens with zero attached hydrogens (tertiary/aromatic N) is 2. The number of phenolic OH excluding ortho intramolecular Hbond substituents is 1. The minimum Gasteiger partial charge on any atom is -0.507 e. The molecule has 1 atom stereocenters. The molecule has 0 bridgehead atoms. The number of rotatable bonds is 5. The van der Waals surface area contributed by atoms with Gasteiger partial charge >= 0.3 is 5.97 Å². The van der Waals surface area contributed by atoms with Crippen LogP contribution >= 0.6 is 11.3 Å². The Bertz CT molecular complexity index is 1400. The standard InChI is InChI=1S/C26H21N3O4S/c1-16-12-14-34-24(16)29-20-10-4-2-9-19(20)22(23(29)31)27-28-26(25(32)33)13-6-7-17(15-26)18-8-3-5-11-21(18)30/h2-14,28,30H,15H2,1H3,(H,32,33). The Morgan fingerprint density at radius 2 is 1.85 bits per heavy atom. The molecule has 34 heavy (non-hydrogen) atoms. The van der Waals surface area contributed by atoms with Crippen molar-refractivity contribution < 1.29 is 19.8 Å². The van der Waals surface area contributed by atoms with Gasteiger partial charge in [-0.15, -0.1) is 11.3 Å². The second-order valence-electron chi connectivity index (χ2n) is 8.16. The topological polar surface area (TPSA) is 102 Å². The van der Waals surface area contributed by atoms with Crippen molar-refractivity contribution in [2.45, 2.75) is 18.9 Å². The maximum atomic E-state index is 13.4. The van der Waals surface area contributed by atoms with Crippen molar-refractivity contribution in [2.75, 3.05) is 4.90 Å². The summed E-state index contributed by atoms with van der Waals surface area (Å²) in [6, 6.07) is 16.0. The van der Waals surface area contributed by atoms with Crippen LogP contribution in [0.15, 0.2) is 83.3 Å². The quantitative estimate of drug-likeness (QED) is 0.472. The van der Waals surface area contributed by atoms with Crippen molar-refractivity contribution in [1.82, 2.24) is 5.43 Å². The van der Waals surface area contributed by atoms with Crippen LogP contribution in [-0.2, 0) is 9.59 Å². The van der Waals surface area contributed by atoms with E-state index in [2.05, 4.69) is 10.5 Å². The minimum atomic E-state index is -1.58. The molecule has 7 nitrogen and oxygen atoms in total. The summed E-state index contributed by atoms with van der Waals surface area (Å²) < 4.78 is 0. The zero-order chi connectivity index (χ0) is 23.9. The summed E-state index contributed by atoms with van der Waals surface area (Å²) in [5.74, 6) is -1.40. The van der Waals surface area contributed by atoms with Crippen molar-refractivity contribution in [1.29, 1.82) is 0 Å². The highest BCUT2D eigenvalue weighted by Gasteiger charge is 2.41. The Morgan fingerprint density at radius 3 is 2.56 bits per heavy atom. The van der Waals surface area contributed by atoms with Crippen molar-refractivity contribution in [3.05, 3.63) is 94.9 Å². The van der Waals surface area contributed by atoms with E-state index in [0.29, 0.717) is 22.4 Å². The lowest BCUT2D eigenvalue weighted by molar-refractivity contribution is -0.142. The molecule has 0 saturated heterocycles. The Balaban J connectivity index is 1.51. The molecule has 0 radical (unpaired) electrons. The van der Waals surface area contributed by atoms with E-state index in [1.165, 1.54) is 17.4 Å². The number of carboxylic acid groups (broad SMARTS) is 1. The number of carboxylic acids is 1. The summed E-state index contributed by atoms with van der Waals surface area (Å²) in [5, 5.41) is 27.5. The first-order valence-electron chi connectivity index (χ1n) is 10.6. The van der Waals surface area contributed by atoms with Crippen LogP contribution in [0.3, 0.4) is 0 Å². The van der Waals surface area contributed by atoms with E-state index in [0.717, 1.165) is 10.6 Å².